The van der Waals surface area contributed by atoms with Gasteiger partial charge < -0.3 is 14.4 Å². The van der Waals surface area contributed by atoms with Crippen molar-refractivity contribution < 1.29 is 9.84 Å². The van der Waals surface area contributed by atoms with Crippen LogP contribution in [0.1, 0.15) is 11.7 Å². The fraction of sp³-hybridized carbons (Fsp3) is 0.176. The molecule has 3 rings (SSSR count). The van der Waals surface area contributed by atoms with Gasteiger partial charge in [0.15, 0.2) is 0 Å². The molecule has 0 amide bonds. The van der Waals surface area contributed by atoms with Crippen LogP contribution in [0.2, 0.25) is 0 Å². The van der Waals surface area contributed by atoms with Crippen molar-refractivity contribution in [2.45, 2.75) is 12.6 Å². The van der Waals surface area contributed by atoms with Crippen molar-refractivity contribution in [1.82, 2.24) is 14.5 Å². The number of aliphatic hydroxyl groups excluding tert-OH is 1. The highest BCUT2D eigenvalue weighted by Gasteiger charge is 2.13. The molecule has 0 fully saturated rings. The number of methoxy groups -OCH3 is 1. The Bertz CT molecular complexity index is 740. The summed E-state index contributed by atoms with van der Waals surface area (Å²) in [5.74, 6) is 1.54. The third-order valence-electron chi connectivity index (χ3n) is 3.50. The zero-order valence-corrected chi connectivity index (χ0v) is 12.3. The van der Waals surface area contributed by atoms with E-state index in [-0.39, 0.29) is 0 Å². The van der Waals surface area contributed by atoms with E-state index in [2.05, 4.69) is 9.97 Å². The van der Waals surface area contributed by atoms with Gasteiger partial charge >= 0.3 is 0 Å². The number of nitrogens with zero attached hydrogens (tertiary/aromatic N) is 3. The first-order valence-electron chi connectivity index (χ1n) is 7.01. The van der Waals surface area contributed by atoms with Crippen molar-refractivity contribution >= 4 is 0 Å². The number of aliphatic hydroxyl groups is 1. The Labute approximate surface area is 128 Å². The minimum Gasteiger partial charge on any atom is -0.497 e. The van der Waals surface area contributed by atoms with Crippen LogP contribution in [0.4, 0.5) is 0 Å². The van der Waals surface area contributed by atoms with E-state index in [0.29, 0.717) is 6.54 Å². The predicted octanol–water partition coefficient (Wildman–Crippen LogP) is 2.69. The van der Waals surface area contributed by atoms with Crippen LogP contribution in [0.5, 0.6) is 5.75 Å². The van der Waals surface area contributed by atoms with Gasteiger partial charge in [-0.1, -0.05) is 12.1 Å². The van der Waals surface area contributed by atoms with E-state index < -0.39 is 6.10 Å². The number of ether oxygens (including phenoxy) is 1. The summed E-state index contributed by atoms with van der Waals surface area (Å²) in [7, 11) is 1.61. The number of pyridine rings is 1. The highest BCUT2D eigenvalue weighted by Crippen LogP contribution is 2.23. The molecule has 112 valence electrons. The Morgan fingerprint density at radius 2 is 2.00 bits per heavy atom. The molecule has 2 heterocycles. The molecule has 5 nitrogen and oxygen atoms in total. The molecule has 0 bridgehead atoms. The van der Waals surface area contributed by atoms with Crippen molar-refractivity contribution in [3.8, 4) is 17.1 Å². The van der Waals surface area contributed by atoms with Crippen molar-refractivity contribution in [2.24, 2.45) is 0 Å². The summed E-state index contributed by atoms with van der Waals surface area (Å²) in [5.41, 5.74) is 1.78. The van der Waals surface area contributed by atoms with Crippen LogP contribution in [0, 0.1) is 0 Å². The van der Waals surface area contributed by atoms with Crippen LogP contribution in [0.15, 0.2) is 61.2 Å². The molecule has 3 aromatic rings. The average molecular weight is 295 g/mol. The maximum absolute atomic E-state index is 10.5. The van der Waals surface area contributed by atoms with E-state index >= 15 is 0 Å². The number of benzene rings is 1. The first kappa shape index (κ1) is 14.3. The van der Waals surface area contributed by atoms with Crippen LogP contribution in [0.25, 0.3) is 11.4 Å². The second kappa shape index (κ2) is 6.41. The van der Waals surface area contributed by atoms with E-state index in [0.717, 1.165) is 22.7 Å². The zero-order chi connectivity index (χ0) is 15.4. The summed E-state index contributed by atoms with van der Waals surface area (Å²) in [5, 5.41) is 10.5. The standard InChI is InChI=1S/C17H17N3O2/c1-22-15-4-2-3-14(11-15)16(21)12-20-10-9-19-17(20)13-5-7-18-8-6-13/h2-11,16,21H,12H2,1H3. The van der Waals surface area contributed by atoms with Gasteiger partial charge in [-0.2, -0.15) is 0 Å². The summed E-state index contributed by atoms with van der Waals surface area (Å²) < 4.78 is 7.13. The van der Waals surface area contributed by atoms with Crippen molar-refractivity contribution in [2.75, 3.05) is 7.11 Å². The fourth-order valence-corrected chi connectivity index (χ4v) is 2.36. The van der Waals surface area contributed by atoms with Gasteiger partial charge in [-0.15, -0.1) is 0 Å². The number of hydrogen-bond acceptors (Lipinski definition) is 4. The van der Waals surface area contributed by atoms with Crippen LogP contribution in [-0.2, 0) is 6.54 Å². The molecule has 2 aromatic heterocycles. The molecule has 1 atom stereocenters. The third-order valence-corrected chi connectivity index (χ3v) is 3.50. The van der Waals surface area contributed by atoms with Crippen LogP contribution >= 0.6 is 0 Å². The monoisotopic (exact) mass is 295 g/mol. The van der Waals surface area contributed by atoms with Gasteiger partial charge in [-0.3, -0.25) is 4.98 Å². The predicted molar refractivity (Wildman–Crippen MR) is 83.4 cm³/mol. The molecule has 0 saturated heterocycles. The van der Waals surface area contributed by atoms with E-state index in [1.807, 2.05) is 47.2 Å². The van der Waals surface area contributed by atoms with Gasteiger partial charge in [0, 0.05) is 30.4 Å². The second-order valence-electron chi connectivity index (χ2n) is 4.93. The minimum absolute atomic E-state index is 0.421. The lowest BCUT2D eigenvalue weighted by Crippen LogP contribution is -2.09. The Kier molecular flexibility index (Phi) is 4.16. The first-order chi connectivity index (χ1) is 10.8. The van der Waals surface area contributed by atoms with Crippen LogP contribution in [0.3, 0.4) is 0 Å². The Morgan fingerprint density at radius 1 is 1.18 bits per heavy atom. The Morgan fingerprint density at radius 3 is 2.77 bits per heavy atom. The lowest BCUT2D eigenvalue weighted by molar-refractivity contribution is 0.156. The zero-order valence-electron chi connectivity index (χ0n) is 12.3. The van der Waals surface area contributed by atoms with Gasteiger partial charge in [-0.25, -0.2) is 4.98 Å². The van der Waals surface area contributed by atoms with Gasteiger partial charge in [-0.05, 0) is 29.8 Å². The number of rotatable bonds is 5. The van der Waals surface area contributed by atoms with E-state index in [9.17, 15) is 5.11 Å². The summed E-state index contributed by atoms with van der Waals surface area (Å²) in [4.78, 5) is 8.38. The Balaban J connectivity index is 1.83. The third kappa shape index (κ3) is 2.99. The molecule has 5 heteroatoms. The summed E-state index contributed by atoms with van der Waals surface area (Å²) in [6.45, 7) is 0.421. The van der Waals surface area contributed by atoms with Crippen molar-refractivity contribution in [1.29, 1.82) is 0 Å². The molecule has 1 unspecified atom stereocenters. The van der Waals surface area contributed by atoms with E-state index in [1.165, 1.54) is 0 Å². The molecule has 0 saturated carbocycles. The molecule has 0 spiro atoms. The highest BCUT2D eigenvalue weighted by molar-refractivity contribution is 5.54. The molecular formula is C17H17N3O2. The largest absolute Gasteiger partial charge is 0.497 e. The SMILES string of the molecule is COc1cccc(C(O)Cn2ccnc2-c2ccncc2)c1. The van der Waals surface area contributed by atoms with E-state index in [1.54, 1.807) is 25.7 Å². The molecular weight excluding hydrogens is 278 g/mol. The molecule has 0 aliphatic heterocycles. The average Bonchev–Trinajstić information content (AvgIpc) is 3.04. The van der Waals surface area contributed by atoms with Crippen molar-refractivity contribution in [3.05, 3.63) is 66.7 Å². The first-order valence-corrected chi connectivity index (χ1v) is 7.01. The minimum atomic E-state index is -0.634. The lowest BCUT2D eigenvalue weighted by atomic mass is 10.1. The molecule has 0 radical (unpaired) electrons. The maximum Gasteiger partial charge on any atom is 0.140 e. The smallest absolute Gasteiger partial charge is 0.140 e. The number of imidazole rings is 1. The van der Waals surface area contributed by atoms with E-state index in [4.69, 9.17) is 4.74 Å². The molecule has 22 heavy (non-hydrogen) atoms. The van der Waals surface area contributed by atoms with Crippen LogP contribution in [-0.4, -0.2) is 26.8 Å². The molecule has 1 aromatic carbocycles. The van der Waals surface area contributed by atoms with Gasteiger partial charge in [0.1, 0.15) is 11.6 Å². The second-order valence-corrected chi connectivity index (χ2v) is 4.93. The maximum atomic E-state index is 10.5. The summed E-state index contributed by atoms with van der Waals surface area (Å²) in [6, 6.07) is 11.3. The normalized spacial score (nSPS) is 12.1. The molecule has 0 aliphatic rings. The highest BCUT2D eigenvalue weighted by atomic mass is 16.5. The Hall–Kier alpha value is -2.66. The van der Waals surface area contributed by atoms with Crippen molar-refractivity contribution in [3.63, 3.8) is 0 Å². The molecule has 0 aliphatic carbocycles. The topological polar surface area (TPSA) is 60.2 Å². The summed E-state index contributed by atoms with van der Waals surface area (Å²) in [6.07, 6.45) is 6.41. The quantitative estimate of drug-likeness (QED) is 0.786. The fourth-order valence-electron chi connectivity index (χ4n) is 2.36. The van der Waals surface area contributed by atoms with Gasteiger partial charge in [0.25, 0.3) is 0 Å². The lowest BCUT2D eigenvalue weighted by Gasteiger charge is -2.15. The van der Waals surface area contributed by atoms with Gasteiger partial charge in [0.05, 0.1) is 19.8 Å². The number of hydrogen-bond donors (Lipinski definition) is 1. The number of aromatic nitrogens is 3. The summed E-state index contributed by atoms with van der Waals surface area (Å²) >= 11 is 0. The van der Waals surface area contributed by atoms with Crippen LogP contribution < -0.4 is 4.74 Å². The molecule has 1 N–H and O–H groups in total. The van der Waals surface area contributed by atoms with Gasteiger partial charge in [0.2, 0.25) is 0 Å².